The van der Waals surface area contributed by atoms with Crippen molar-refractivity contribution in [2.24, 2.45) is 0 Å². The van der Waals surface area contributed by atoms with E-state index in [1.54, 1.807) is 12.1 Å². The van der Waals surface area contributed by atoms with Crippen molar-refractivity contribution in [3.8, 4) is 22.9 Å². The molecule has 0 amide bonds. The van der Waals surface area contributed by atoms with Gasteiger partial charge in [0.25, 0.3) is 0 Å². The summed E-state index contributed by atoms with van der Waals surface area (Å²) in [5, 5.41) is 8.82. The average molecular weight is 407 g/mol. The largest absolute Gasteiger partial charge is 0.489 e. The molecule has 0 heterocycles. The van der Waals surface area contributed by atoms with E-state index in [9.17, 15) is 4.79 Å². The topological polar surface area (TPSA) is 59.3 Å². The number of ether oxygens (including phenoxy) is 2. The molecule has 4 nitrogen and oxygen atoms in total. The highest BCUT2D eigenvalue weighted by Crippen LogP contribution is 2.28. The molecule has 0 bridgehead atoms. The Kier molecular flexibility index (Phi) is 5.78. The molecule has 22 heavy (non-hydrogen) atoms. The molecule has 0 aliphatic rings. The minimum Gasteiger partial charge on any atom is -0.489 e. The summed E-state index contributed by atoms with van der Waals surface area (Å²) in [5.74, 6) is 0.444. The van der Waals surface area contributed by atoms with Crippen LogP contribution in [0, 0.1) is 14.9 Å². The van der Waals surface area contributed by atoms with Crippen molar-refractivity contribution in [1.82, 2.24) is 0 Å². The number of carbonyl (C=O) groups excluding carboxylic acids is 1. The summed E-state index contributed by atoms with van der Waals surface area (Å²) >= 11 is 2.21. The summed E-state index contributed by atoms with van der Waals surface area (Å²) in [7, 11) is 0. The van der Waals surface area contributed by atoms with Crippen LogP contribution in [0.2, 0.25) is 0 Å². The van der Waals surface area contributed by atoms with E-state index in [2.05, 4.69) is 28.7 Å². The van der Waals surface area contributed by atoms with E-state index in [0.717, 1.165) is 20.4 Å². The lowest BCUT2D eigenvalue weighted by atomic mass is 10.0. The van der Waals surface area contributed by atoms with E-state index in [4.69, 9.17) is 14.7 Å². The van der Waals surface area contributed by atoms with Crippen LogP contribution in [0.5, 0.6) is 5.75 Å². The van der Waals surface area contributed by atoms with Crippen molar-refractivity contribution in [2.45, 2.75) is 6.92 Å². The maximum absolute atomic E-state index is 10.7. The average Bonchev–Trinajstić information content (AvgIpc) is 2.52. The van der Waals surface area contributed by atoms with Crippen molar-refractivity contribution in [3.63, 3.8) is 0 Å². The number of hydrogen-bond donors (Lipinski definition) is 0. The molecule has 0 saturated heterocycles. The summed E-state index contributed by atoms with van der Waals surface area (Å²) in [6.07, 6.45) is 0. The molecule has 2 aromatic rings. The molecule has 0 aromatic heterocycles. The minimum atomic E-state index is -0.311. The fraction of sp³-hybridized carbons (Fsp3) is 0.176. The molecule has 0 N–H and O–H groups in total. The first kappa shape index (κ1) is 16.3. The summed E-state index contributed by atoms with van der Waals surface area (Å²) in [6.45, 7) is 1.94. The van der Waals surface area contributed by atoms with E-state index in [-0.39, 0.29) is 12.6 Å². The summed E-state index contributed by atoms with van der Waals surface area (Å²) in [4.78, 5) is 10.7. The Labute approximate surface area is 142 Å². The predicted molar refractivity (Wildman–Crippen MR) is 91.4 cm³/mol. The lowest BCUT2D eigenvalue weighted by molar-refractivity contribution is -0.141. The van der Waals surface area contributed by atoms with Gasteiger partial charge in [-0.3, -0.25) is 4.79 Å². The third-order valence-corrected chi connectivity index (χ3v) is 3.77. The minimum absolute atomic E-state index is 0.239. The first-order valence-corrected chi connectivity index (χ1v) is 7.74. The molecule has 5 heteroatoms. The third kappa shape index (κ3) is 4.46. The third-order valence-electron chi connectivity index (χ3n) is 2.93. The highest BCUT2D eigenvalue weighted by Gasteiger charge is 2.05. The number of halogens is 1. The van der Waals surface area contributed by atoms with Gasteiger partial charge in [-0.05, 0) is 58.0 Å². The molecule has 0 radical (unpaired) electrons. The highest BCUT2D eigenvalue weighted by atomic mass is 127. The van der Waals surface area contributed by atoms with Crippen molar-refractivity contribution in [1.29, 1.82) is 5.26 Å². The standard InChI is InChI=1S/C17H14INO3/c1-12(20)21-8-9-22-17-7-6-15(10-16(17)18)14-4-2-13(11-19)3-5-14/h2-7,10H,8-9H2,1H3. The Bertz CT molecular complexity index is 705. The maximum Gasteiger partial charge on any atom is 0.302 e. The van der Waals surface area contributed by atoms with Gasteiger partial charge in [0.15, 0.2) is 0 Å². The molecule has 112 valence electrons. The molecule has 0 fully saturated rings. The van der Waals surface area contributed by atoms with Crippen LogP contribution in [0.15, 0.2) is 42.5 Å². The van der Waals surface area contributed by atoms with Crippen molar-refractivity contribution in [3.05, 3.63) is 51.6 Å². The monoisotopic (exact) mass is 407 g/mol. The SMILES string of the molecule is CC(=O)OCCOc1ccc(-c2ccc(C#N)cc2)cc1I. The van der Waals surface area contributed by atoms with E-state index in [1.807, 2.05) is 30.3 Å². The number of hydrogen-bond acceptors (Lipinski definition) is 4. The molecule has 2 rings (SSSR count). The Balaban J connectivity index is 2.05. The van der Waals surface area contributed by atoms with Crippen LogP contribution in [0.25, 0.3) is 11.1 Å². The number of nitrogens with zero attached hydrogens (tertiary/aromatic N) is 1. The maximum atomic E-state index is 10.7. The number of esters is 1. The van der Waals surface area contributed by atoms with Crippen molar-refractivity contribution >= 4 is 28.6 Å². The Morgan fingerprint density at radius 3 is 2.41 bits per heavy atom. The number of benzene rings is 2. The smallest absolute Gasteiger partial charge is 0.302 e. The zero-order chi connectivity index (χ0) is 15.9. The van der Waals surface area contributed by atoms with Crippen molar-refractivity contribution in [2.75, 3.05) is 13.2 Å². The van der Waals surface area contributed by atoms with Crippen LogP contribution in [-0.2, 0) is 9.53 Å². The summed E-state index contributed by atoms with van der Waals surface area (Å²) in [6, 6.07) is 15.4. The molecule has 0 aliphatic heterocycles. The Morgan fingerprint density at radius 1 is 1.14 bits per heavy atom. The molecule has 0 aliphatic carbocycles. The second-order valence-electron chi connectivity index (χ2n) is 4.52. The van der Waals surface area contributed by atoms with Crippen molar-refractivity contribution < 1.29 is 14.3 Å². The number of rotatable bonds is 5. The second-order valence-corrected chi connectivity index (χ2v) is 5.69. The summed E-state index contributed by atoms with van der Waals surface area (Å²) < 4.78 is 11.4. The van der Waals surface area contributed by atoms with Gasteiger partial charge in [0.1, 0.15) is 19.0 Å². The fourth-order valence-corrected chi connectivity index (χ4v) is 2.54. The van der Waals surface area contributed by atoms with Crippen LogP contribution in [0.4, 0.5) is 0 Å². The molecule has 0 spiro atoms. The van der Waals surface area contributed by atoms with E-state index in [0.29, 0.717) is 12.2 Å². The van der Waals surface area contributed by atoms with Gasteiger partial charge in [-0.25, -0.2) is 0 Å². The lowest BCUT2D eigenvalue weighted by Gasteiger charge is -2.10. The molecular formula is C17H14INO3. The van der Waals surface area contributed by atoms with E-state index in [1.165, 1.54) is 6.92 Å². The van der Waals surface area contributed by atoms with Crippen LogP contribution in [0.1, 0.15) is 12.5 Å². The molecule has 0 unspecified atom stereocenters. The number of nitriles is 1. The highest BCUT2D eigenvalue weighted by molar-refractivity contribution is 14.1. The van der Waals surface area contributed by atoms with Crippen LogP contribution in [0.3, 0.4) is 0 Å². The number of carbonyl (C=O) groups is 1. The molecular weight excluding hydrogens is 393 g/mol. The van der Waals surface area contributed by atoms with Gasteiger partial charge >= 0.3 is 5.97 Å². The Hall–Kier alpha value is -2.07. The lowest BCUT2D eigenvalue weighted by Crippen LogP contribution is -2.10. The summed E-state index contributed by atoms with van der Waals surface area (Å²) in [5.41, 5.74) is 2.74. The van der Waals surface area contributed by atoms with Gasteiger partial charge in [0, 0.05) is 6.92 Å². The molecule has 0 atom stereocenters. The zero-order valence-corrected chi connectivity index (χ0v) is 14.2. The normalized spacial score (nSPS) is 9.86. The zero-order valence-electron chi connectivity index (χ0n) is 12.0. The van der Waals surface area contributed by atoms with Gasteiger partial charge in [0.2, 0.25) is 0 Å². The predicted octanol–water partition coefficient (Wildman–Crippen LogP) is 3.77. The van der Waals surface area contributed by atoms with Crippen LogP contribution < -0.4 is 4.74 Å². The van der Waals surface area contributed by atoms with Gasteiger partial charge < -0.3 is 9.47 Å². The van der Waals surface area contributed by atoms with Crippen LogP contribution in [-0.4, -0.2) is 19.2 Å². The molecule has 2 aromatic carbocycles. The second kappa shape index (κ2) is 7.80. The quantitative estimate of drug-likeness (QED) is 0.430. The van der Waals surface area contributed by atoms with E-state index >= 15 is 0 Å². The van der Waals surface area contributed by atoms with Gasteiger partial charge in [-0.15, -0.1) is 0 Å². The first-order valence-electron chi connectivity index (χ1n) is 6.66. The van der Waals surface area contributed by atoms with Crippen LogP contribution >= 0.6 is 22.6 Å². The first-order chi connectivity index (χ1) is 10.6. The van der Waals surface area contributed by atoms with Gasteiger partial charge in [0.05, 0.1) is 15.2 Å². The molecule has 0 saturated carbocycles. The van der Waals surface area contributed by atoms with Gasteiger partial charge in [-0.2, -0.15) is 5.26 Å². The Morgan fingerprint density at radius 2 is 1.82 bits per heavy atom. The van der Waals surface area contributed by atoms with E-state index < -0.39 is 0 Å². The fourth-order valence-electron chi connectivity index (χ4n) is 1.87. The van der Waals surface area contributed by atoms with Gasteiger partial charge in [-0.1, -0.05) is 18.2 Å².